The Kier molecular flexibility index (Phi) is 4.48. The van der Waals surface area contributed by atoms with E-state index in [2.05, 4.69) is 48.6 Å². The lowest BCUT2D eigenvalue weighted by molar-refractivity contribution is -0.125. The summed E-state index contributed by atoms with van der Waals surface area (Å²) < 4.78 is 5.56. The van der Waals surface area contributed by atoms with Gasteiger partial charge in [0.25, 0.3) is 0 Å². The van der Waals surface area contributed by atoms with Gasteiger partial charge in [-0.05, 0) is 36.8 Å². The van der Waals surface area contributed by atoms with Crippen molar-refractivity contribution in [3.05, 3.63) is 77.9 Å². The second kappa shape index (κ2) is 6.93. The molecule has 3 aromatic rings. The van der Waals surface area contributed by atoms with Gasteiger partial charge < -0.3 is 10.1 Å². The van der Waals surface area contributed by atoms with Crippen LogP contribution >= 0.6 is 0 Å². The number of rotatable bonds is 3. The molecule has 0 unspecified atom stereocenters. The molecule has 1 amide bonds. The highest BCUT2D eigenvalue weighted by molar-refractivity contribution is 6.06. The Morgan fingerprint density at radius 1 is 0.923 bits per heavy atom. The zero-order chi connectivity index (χ0) is 18.0. The smallest absolute Gasteiger partial charge is 0.235 e. The van der Waals surface area contributed by atoms with Gasteiger partial charge in [0.15, 0.2) is 0 Å². The fourth-order valence-electron chi connectivity index (χ4n) is 3.82. The summed E-state index contributed by atoms with van der Waals surface area (Å²) in [6, 6.07) is 22.5. The number of carbonyl (C=O) groups is 1. The van der Waals surface area contributed by atoms with E-state index in [4.69, 9.17) is 4.74 Å². The van der Waals surface area contributed by atoms with Crippen molar-refractivity contribution in [3.8, 4) is 0 Å². The van der Waals surface area contributed by atoms with Crippen molar-refractivity contribution in [2.75, 3.05) is 18.5 Å². The SMILES string of the molecule is Cc1ccc(C2(C(=O)Nc3cccc4ccccc34)CCOCC2)cc1. The maximum Gasteiger partial charge on any atom is 0.235 e. The van der Waals surface area contributed by atoms with Crippen molar-refractivity contribution in [2.45, 2.75) is 25.2 Å². The first-order valence-corrected chi connectivity index (χ1v) is 9.13. The number of hydrogen-bond acceptors (Lipinski definition) is 2. The van der Waals surface area contributed by atoms with Gasteiger partial charge in [0.1, 0.15) is 0 Å². The molecule has 1 fully saturated rings. The average molecular weight is 345 g/mol. The van der Waals surface area contributed by atoms with Gasteiger partial charge in [-0.15, -0.1) is 0 Å². The maximum atomic E-state index is 13.5. The van der Waals surface area contributed by atoms with Gasteiger partial charge in [0.05, 0.1) is 5.41 Å². The number of fused-ring (bicyclic) bond motifs is 1. The molecule has 1 saturated heterocycles. The molecule has 1 N–H and O–H groups in total. The van der Waals surface area contributed by atoms with Crippen LogP contribution in [0, 0.1) is 6.92 Å². The normalized spacial score (nSPS) is 16.3. The Labute approximate surface area is 154 Å². The van der Waals surface area contributed by atoms with Crippen LogP contribution in [-0.4, -0.2) is 19.1 Å². The van der Waals surface area contributed by atoms with E-state index in [9.17, 15) is 4.79 Å². The summed E-state index contributed by atoms with van der Waals surface area (Å²) in [5, 5.41) is 5.40. The van der Waals surface area contributed by atoms with Gasteiger partial charge in [-0.2, -0.15) is 0 Å². The summed E-state index contributed by atoms with van der Waals surface area (Å²) in [5.41, 5.74) is 2.60. The molecule has 3 nitrogen and oxygen atoms in total. The summed E-state index contributed by atoms with van der Waals surface area (Å²) >= 11 is 0. The van der Waals surface area contributed by atoms with Crippen LogP contribution in [0.5, 0.6) is 0 Å². The van der Waals surface area contributed by atoms with Crippen molar-refractivity contribution in [1.29, 1.82) is 0 Å². The van der Waals surface area contributed by atoms with Crippen LogP contribution < -0.4 is 5.32 Å². The minimum Gasteiger partial charge on any atom is -0.381 e. The number of ether oxygens (including phenoxy) is 1. The third-order valence-electron chi connectivity index (χ3n) is 5.42. The molecule has 3 aromatic carbocycles. The third kappa shape index (κ3) is 2.99. The second-order valence-corrected chi connectivity index (χ2v) is 7.04. The third-order valence-corrected chi connectivity index (χ3v) is 5.42. The number of nitrogens with one attached hydrogen (secondary N) is 1. The number of amides is 1. The summed E-state index contributed by atoms with van der Waals surface area (Å²) in [7, 11) is 0. The molecule has 0 aromatic heterocycles. The Morgan fingerprint density at radius 2 is 1.62 bits per heavy atom. The molecule has 1 aliphatic rings. The molecule has 0 bridgehead atoms. The molecular formula is C23H23NO2. The standard InChI is InChI=1S/C23H23NO2/c1-17-9-11-19(12-10-17)23(13-15-26-16-14-23)22(25)24-21-8-4-6-18-5-2-3-7-20(18)21/h2-12H,13-16H2,1H3,(H,24,25). The van der Waals surface area contributed by atoms with Gasteiger partial charge in [-0.25, -0.2) is 0 Å². The molecule has 4 rings (SSSR count). The van der Waals surface area contributed by atoms with Crippen molar-refractivity contribution >= 4 is 22.4 Å². The van der Waals surface area contributed by atoms with Gasteiger partial charge in [-0.3, -0.25) is 4.79 Å². The average Bonchev–Trinajstić information content (AvgIpc) is 2.69. The number of aryl methyl sites for hydroxylation is 1. The Morgan fingerprint density at radius 3 is 2.38 bits per heavy atom. The summed E-state index contributed by atoms with van der Waals surface area (Å²) in [4.78, 5) is 13.5. The van der Waals surface area contributed by atoms with Crippen LogP contribution in [0.2, 0.25) is 0 Å². The predicted octanol–water partition coefficient (Wildman–Crippen LogP) is 4.84. The Balaban J connectivity index is 1.72. The highest BCUT2D eigenvalue weighted by Crippen LogP contribution is 2.37. The molecule has 132 valence electrons. The van der Waals surface area contributed by atoms with Gasteiger partial charge in [-0.1, -0.05) is 66.2 Å². The maximum absolute atomic E-state index is 13.5. The first kappa shape index (κ1) is 16.8. The van der Waals surface area contributed by atoms with Crippen molar-refractivity contribution in [3.63, 3.8) is 0 Å². The van der Waals surface area contributed by atoms with Crippen molar-refractivity contribution in [2.24, 2.45) is 0 Å². The molecule has 26 heavy (non-hydrogen) atoms. The molecule has 1 heterocycles. The minimum atomic E-state index is -0.539. The molecular weight excluding hydrogens is 322 g/mol. The lowest BCUT2D eigenvalue weighted by Gasteiger charge is -2.36. The van der Waals surface area contributed by atoms with E-state index in [0.29, 0.717) is 26.1 Å². The molecule has 0 aliphatic carbocycles. The van der Waals surface area contributed by atoms with E-state index >= 15 is 0 Å². The van der Waals surface area contributed by atoms with E-state index in [0.717, 1.165) is 22.0 Å². The predicted molar refractivity (Wildman–Crippen MR) is 105 cm³/mol. The lowest BCUT2D eigenvalue weighted by atomic mass is 9.73. The van der Waals surface area contributed by atoms with Gasteiger partial charge in [0.2, 0.25) is 5.91 Å². The zero-order valence-corrected chi connectivity index (χ0v) is 15.0. The minimum absolute atomic E-state index is 0.0565. The molecule has 3 heteroatoms. The zero-order valence-electron chi connectivity index (χ0n) is 15.0. The lowest BCUT2D eigenvalue weighted by Crippen LogP contribution is -2.44. The van der Waals surface area contributed by atoms with Crippen molar-refractivity contribution < 1.29 is 9.53 Å². The highest BCUT2D eigenvalue weighted by Gasteiger charge is 2.41. The van der Waals surface area contributed by atoms with Crippen LogP contribution in [0.15, 0.2) is 66.7 Å². The van der Waals surface area contributed by atoms with E-state index in [1.807, 2.05) is 30.3 Å². The van der Waals surface area contributed by atoms with Crippen LogP contribution in [0.25, 0.3) is 10.8 Å². The summed E-state index contributed by atoms with van der Waals surface area (Å²) in [6.07, 6.45) is 1.40. The number of carbonyl (C=O) groups excluding carboxylic acids is 1. The molecule has 1 aliphatic heterocycles. The summed E-state index contributed by atoms with van der Waals surface area (Å²) in [6.45, 7) is 3.28. The van der Waals surface area contributed by atoms with Crippen LogP contribution in [0.4, 0.5) is 5.69 Å². The van der Waals surface area contributed by atoms with Crippen molar-refractivity contribution in [1.82, 2.24) is 0 Å². The van der Waals surface area contributed by atoms with E-state index in [1.165, 1.54) is 5.56 Å². The van der Waals surface area contributed by atoms with E-state index in [1.54, 1.807) is 0 Å². The first-order chi connectivity index (χ1) is 12.7. The molecule has 0 atom stereocenters. The first-order valence-electron chi connectivity index (χ1n) is 9.13. The number of benzene rings is 3. The van der Waals surface area contributed by atoms with E-state index in [-0.39, 0.29) is 5.91 Å². The van der Waals surface area contributed by atoms with Gasteiger partial charge in [0, 0.05) is 24.3 Å². The Bertz CT molecular complexity index is 919. The fraction of sp³-hybridized carbons (Fsp3) is 0.261. The highest BCUT2D eigenvalue weighted by atomic mass is 16.5. The topological polar surface area (TPSA) is 38.3 Å². The van der Waals surface area contributed by atoms with E-state index < -0.39 is 5.41 Å². The number of hydrogen-bond donors (Lipinski definition) is 1. The van der Waals surface area contributed by atoms with Crippen LogP contribution in [0.1, 0.15) is 24.0 Å². The second-order valence-electron chi connectivity index (χ2n) is 7.04. The molecule has 0 spiro atoms. The van der Waals surface area contributed by atoms with Crippen LogP contribution in [0.3, 0.4) is 0 Å². The van der Waals surface area contributed by atoms with Crippen LogP contribution in [-0.2, 0) is 14.9 Å². The fourth-order valence-corrected chi connectivity index (χ4v) is 3.82. The largest absolute Gasteiger partial charge is 0.381 e. The van der Waals surface area contributed by atoms with Gasteiger partial charge >= 0.3 is 0 Å². The summed E-state index contributed by atoms with van der Waals surface area (Å²) in [5.74, 6) is 0.0565. The molecule has 0 saturated carbocycles. The Hall–Kier alpha value is -2.65. The quantitative estimate of drug-likeness (QED) is 0.738. The number of anilines is 1. The molecule has 0 radical (unpaired) electrons. The monoisotopic (exact) mass is 345 g/mol.